The van der Waals surface area contributed by atoms with Gasteiger partial charge < -0.3 is 9.84 Å². The Morgan fingerprint density at radius 2 is 2.38 bits per heavy atom. The zero-order valence-electron chi connectivity index (χ0n) is 11.6. The van der Waals surface area contributed by atoms with Crippen LogP contribution in [0.25, 0.3) is 0 Å². The van der Waals surface area contributed by atoms with Crippen molar-refractivity contribution in [3.63, 3.8) is 0 Å². The van der Waals surface area contributed by atoms with Crippen molar-refractivity contribution in [2.75, 3.05) is 24.6 Å². The van der Waals surface area contributed by atoms with Crippen molar-refractivity contribution >= 4 is 17.7 Å². The van der Waals surface area contributed by atoms with Crippen LogP contribution in [0.2, 0.25) is 0 Å². The highest BCUT2D eigenvalue weighted by Gasteiger charge is 2.30. The maximum Gasteiger partial charge on any atom is 0.304 e. The highest BCUT2D eigenvalue weighted by atomic mass is 32.2. The Labute approximate surface area is 127 Å². The first-order valence-electron chi connectivity index (χ1n) is 7.10. The maximum atomic E-state index is 13.2. The second-order valence-electron chi connectivity index (χ2n) is 5.52. The number of ether oxygens (including phenoxy) is 1. The SMILES string of the molecule is O=C(O)CC1CSCCN1CC1Cc2cc(F)ccc2O1. The molecule has 1 fully saturated rings. The van der Waals surface area contributed by atoms with Gasteiger partial charge in [-0.15, -0.1) is 0 Å². The lowest BCUT2D eigenvalue weighted by Crippen LogP contribution is -2.47. The lowest BCUT2D eigenvalue weighted by molar-refractivity contribution is -0.138. The van der Waals surface area contributed by atoms with E-state index in [1.807, 2.05) is 0 Å². The molecule has 0 spiro atoms. The van der Waals surface area contributed by atoms with Gasteiger partial charge in [0.2, 0.25) is 0 Å². The summed E-state index contributed by atoms with van der Waals surface area (Å²) in [6, 6.07) is 4.67. The van der Waals surface area contributed by atoms with Gasteiger partial charge in [0.05, 0.1) is 6.42 Å². The molecule has 1 aromatic carbocycles. The van der Waals surface area contributed by atoms with Crippen molar-refractivity contribution in [1.29, 1.82) is 0 Å². The van der Waals surface area contributed by atoms with Gasteiger partial charge in [-0.2, -0.15) is 11.8 Å². The third-order valence-electron chi connectivity index (χ3n) is 3.96. The summed E-state index contributed by atoms with van der Waals surface area (Å²) in [5.74, 6) is 1.62. The molecule has 0 amide bonds. The Morgan fingerprint density at radius 1 is 1.52 bits per heavy atom. The molecular formula is C15H18FNO3S. The monoisotopic (exact) mass is 311 g/mol. The van der Waals surface area contributed by atoms with E-state index in [0.717, 1.165) is 29.4 Å². The highest BCUT2D eigenvalue weighted by molar-refractivity contribution is 7.99. The standard InChI is InChI=1S/C15H18FNO3S/c16-11-1-2-14-10(5-11)6-13(20-14)8-17-3-4-21-9-12(17)7-15(18)19/h1-2,5,12-13H,3-4,6-9H2,(H,18,19). The molecule has 2 heterocycles. The summed E-state index contributed by atoms with van der Waals surface area (Å²) in [4.78, 5) is 13.2. The van der Waals surface area contributed by atoms with E-state index in [0.29, 0.717) is 13.0 Å². The number of hydrogen-bond donors (Lipinski definition) is 1. The molecule has 21 heavy (non-hydrogen) atoms. The van der Waals surface area contributed by atoms with Crippen molar-refractivity contribution in [2.45, 2.75) is 25.0 Å². The molecule has 2 atom stereocenters. The van der Waals surface area contributed by atoms with E-state index in [2.05, 4.69) is 4.90 Å². The molecule has 0 bridgehead atoms. The predicted molar refractivity (Wildman–Crippen MR) is 79.5 cm³/mol. The van der Waals surface area contributed by atoms with Crippen LogP contribution in [0.1, 0.15) is 12.0 Å². The van der Waals surface area contributed by atoms with Gasteiger partial charge in [0.15, 0.2) is 0 Å². The normalized spacial score (nSPS) is 25.4. The van der Waals surface area contributed by atoms with Crippen molar-refractivity contribution in [1.82, 2.24) is 4.90 Å². The molecule has 2 unspecified atom stereocenters. The number of nitrogens with zero attached hydrogens (tertiary/aromatic N) is 1. The van der Waals surface area contributed by atoms with E-state index in [9.17, 15) is 9.18 Å². The van der Waals surface area contributed by atoms with Gasteiger partial charge in [-0.1, -0.05) is 0 Å². The molecule has 2 aliphatic rings. The Morgan fingerprint density at radius 3 is 3.19 bits per heavy atom. The number of carbonyl (C=O) groups is 1. The summed E-state index contributed by atoms with van der Waals surface area (Å²) in [6.45, 7) is 1.59. The van der Waals surface area contributed by atoms with Gasteiger partial charge in [0.25, 0.3) is 0 Å². The van der Waals surface area contributed by atoms with Crippen LogP contribution >= 0.6 is 11.8 Å². The van der Waals surface area contributed by atoms with Crippen LogP contribution in [0.15, 0.2) is 18.2 Å². The van der Waals surface area contributed by atoms with Crippen LogP contribution in [-0.2, 0) is 11.2 Å². The van der Waals surface area contributed by atoms with E-state index in [-0.39, 0.29) is 24.4 Å². The first kappa shape index (κ1) is 14.7. The lowest BCUT2D eigenvalue weighted by Gasteiger charge is -2.35. The van der Waals surface area contributed by atoms with Crippen molar-refractivity contribution in [3.8, 4) is 5.75 Å². The summed E-state index contributed by atoms with van der Waals surface area (Å²) >= 11 is 1.80. The Hall–Kier alpha value is -1.27. The fourth-order valence-corrected chi connectivity index (χ4v) is 4.10. The number of hydrogen-bond acceptors (Lipinski definition) is 4. The fraction of sp³-hybridized carbons (Fsp3) is 0.533. The molecule has 2 aliphatic heterocycles. The Balaban J connectivity index is 1.62. The molecule has 114 valence electrons. The molecule has 1 aromatic rings. The van der Waals surface area contributed by atoms with Crippen LogP contribution < -0.4 is 4.74 Å². The van der Waals surface area contributed by atoms with E-state index in [1.165, 1.54) is 12.1 Å². The minimum absolute atomic E-state index is 0.0128. The number of aliphatic carboxylic acids is 1. The quantitative estimate of drug-likeness (QED) is 0.922. The van der Waals surface area contributed by atoms with Crippen LogP contribution in [-0.4, -0.2) is 52.7 Å². The van der Waals surface area contributed by atoms with Crippen LogP contribution in [0, 0.1) is 5.82 Å². The number of carboxylic acid groups (broad SMARTS) is 1. The van der Waals surface area contributed by atoms with Gasteiger partial charge in [-0.05, 0) is 18.2 Å². The predicted octanol–water partition coefficient (Wildman–Crippen LogP) is 2.02. The summed E-state index contributed by atoms with van der Waals surface area (Å²) in [7, 11) is 0. The zero-order chi connectivity index (χ0) is 14.8. The molecule has 4 nitrogen and oxygen atoms in total. The van der Waals surface area contributed by atoms with Crippen molar-refractivity contribution < 1.29 is 19.0 Å². The number of benzene rings is 1. The van der Waals surface area contributed by atoms with Gasteiger partial charge in [-0.3, -0.25) is 9.69 Å². The molecule has 0 radical (unpaired) electrons. The van der Waals surface area contributed by atoms with Crippen LogP contribution in [0.4, 0.5) is 4.39 Å². The Bertz CT molecular complexity index is 540. The number of fused-ring (bicyclic) bond motifs is 1. The molecule has 6 heteroatoms. The molecule has 0 saturated carbocycles. The lowest BCUT2D eigenvalue weighted by atomic mass is 10.1. The van der Waals surface area contributed by atoms with Crippen LogP contribution in [0.5, 0.6) is 5.75 Å². The van der Waals surface area contributed by atoms with Gasteiger partial charge in [-0.25, -0.2) is 4.39 Å². The fourth-order valence-electron chi connectivity index (χ4n) is 2.97. The average molecular weight is 311 g/mol. The third kappa shape index (κ3) is 3.49. The maximum absolute atomic E-state index is 13.2. The second kappa shape index (κ2) is 6.23. The minimum atomic E-state index is -0.759. The topological polar surface area (TPSA) is 49.8 Å². The van der Waals surface area contributed by atoms with Gasteiger partial charge in [0.1, 0.15) is 17.7 Å². The minimum Gasteiger partial charge on any atom is -0.488 e. The molecular weight excluding hydrogens is 293 g/mol. The first-order valence-corrected chi connectivity index (χ1v) is 8.26. The van der Waals surface area contributed by atoms with E-state index in [1.54, 1.807) is 17.8 Å². The highest BCUT2D eigenvalue weighted by Crippen LogP contribution is 2.30. The number of thioether (sulfide) groups is 1. The van der Waals surface area contributed by atoms with Crippen molar-refractivity contribution in [2.24, 2.45) is 0 Å². The van der Waals surface area contributed by atoms with Crippen molar-refractivity contribution in [3.05, 3.63) is 29.6 Å². The van der Waals surface area contributed by atoms with Gasteiger partial charge in [0, 0.05) is 42.6 Å². The molecule has 0 aliphatic carbocycles. The molecule has 3 rings (SSSR count). The van der Waals surface area contributed by atoms with E-state index < -0.39 is 5.97 Å². The summed E-state index contributed by atoms with van der Waals surface area (Å²) in [6.07, 6.45) is 0.846. The van der Waals surface area contributed by atoms with Crippen LogP contribution in [0.3, 0.4) is 0 Å². The zero-order valence-corrected chi connectivity index (χ0v) is 12.4. The summed E-state index contributed by atoms with van der Waals surface area (Å²) in [5.41, 5.74) is 0.904. The molecule has 0 aromatic heterocycles. The largest absolute Gasteiger partial charge is 0.488 e. The first-order chi connectivity index (χ1) is 10.1. The number of halogens is 1. The smallest absolute Gasteiger partial charge is 0.304 e. The number of carboxylic acids is 1. The summed E-state index contributed by atoms with van der Waals surface area (Å²) in [5, 5.41) is 9.01. The third-order valence-corrected chi connectivity index (χ3v) is 5.05. The van der Waals surface area contributed by atoms with Gasteiger partial charge >= 0.3 is 5.97 Å². The molecule has 1 N–H and O–H groups in total. The van der Waals surface area contributed by atoms with E-state index >= 15 is 0 Å². The van der Waals surface area contributed by atoms with E-state index in [4.69, 9.17) is 9.84 Å². The number of rotatable bonds is 4. The second-order valence-corrected chi connectivity index (χ2v) is 6.67. The summed E-state index contributed by atoms with van der Waals surface area (Å²) < 4.78 is 19.1. The average Bonchev–Trinajstić information content (AvgIpc) is 2.82. The molecule has 1 saturated heterocycles. The Kier molecular flexibility index (Phi) is 4.35.